The summed E-state index contributed by atoms with van der Waals surface area (Å²) in [6, 6.07) is 3.15. The summed E-state index contributed by atoms with van der Waals surface area (Å²) in [5.74, 6) is 0. The first-order valence-electron chi connectivity index (χ1n) is 6.38. The van der Waals surface area contributed by atoms with Gasteiger partial charge < -0.3 is 15.2 Å². The fourth-order valence-electron chi connectivity index (χ4n) is 2.03. The van der Waals surface area contributed by atoms with Gasteiger partial charge in [-0.1, -0.05) is 25.4 Å². The largest absolute Gasteiger partial charge is 0.397 e. The molecule has 0 aliphatic carbocycles. The third-order valence-electron chi connectivity index (χ3n) is 3.28. The zero-order chi connectivity index (χ0) is 14.0. The topological polar surface area (TPSA) is 64.4 Å². The average molecular weight is 284 g/mol. The van der Waals surface area contributed by atoms with E-state index in [0.29, 0.717) is 28.2 Å². The number of likely N-dealkylation sites (N-methyl/N-ethyl adjacent to an activating group) is 1. The van der Waals surface area contributed by atoms with Gasteiger partial charge in [-0.15, -0.1) is 0 Å². The minimum Gasteiger partial charge on any atom is -0.397 e. The summed E-state index contributed by atoms with van der Waals surface area (Å²) in [4.78, 5) is 14.4. The van der Waals surface area contributed by atoms with Crippen LogP contribution in [-0.2, 0) is 6.54 Å². The van der Waals surface area contributed by atoms with Crippen molar-refractivity contribution in [2.45, 2.75) is 20.4 Å². The summed E-state index contributed by atoms with van der Waals surface area (Å²) < 4.78 is 6.87. The Morgan fingerprint density at radius 2 is 2.05 bits per heavy atom. The van der Waals surface area contributed by atoms with E-state index in [9.17, 15) is 4.79 Å². The summed E-state index contributed by atoms with van der Waals surface area (Å²) >= 11 is 5.92. The molecule has 0 aliphatic heterocycles. The predicted molar refractivity (Wildman–Crippen MR) is 77.7 cm³/mol. The van der Waals surface area contributed by atoms with Gasteiger partial charge in [0.2, 0.25) is 0 Å². The average Bonchev–Trinajstić information content (AvgIpc) is 2.69. The number of hydrogen-bond donors (Lipinski definition) is 1. The van der Waals surface area contributed by atoms with Gasteiger partial charge in [0.25, 0.3) is 5.56 Å². The molecule has 1 aromatic carbocycles. The number of halogens is 1. The Labute approximate surface area is 116 Å². The monoisotopic (exact) mass is 283 g/mol. The summed E-state index contributed by atoms with van der Waals surface area (Å²) in [5.41, 5.74) is 6.43. The number of aromatic nitrogens is 1. The standard InChI is InChI=1S/C13H18ClN3O2/c1-3-16(4-2)5-6-17-13(18)9-7-10(14)11(15)8-12(9)19-17/h7-8H,3-6,15H2,1-2H3. The van der Waals surface area contributed by atoms with Gasteiger partial charge in [-0.3, -0.25) is 4.79 Å². The molecule has 2 aromatic rings. The van der Waals surface area contributed by atoms with Crippen LogP contribution < -0.4 is 11.3 Å². The lowest BCUT2D eigenvalue weighted by atomic mass is 10.2. The number of nitrogens with zero attached hydrogens (tertiary/aromatic N) is 2. The van der Waals surface area contributed by atoms with Crippen molar-refractivity contribution in [3.8, 4) is 0 Å². The first-order valence-corrected chi connectivity index (χ1v) is 6.75. The molecule has 2 rings (SSSR count). The van der Waals surface area contributed by atoms with E-state index in [2.05, 4.69) is 18.7 Å². The van der Waals surface area contributed by atoms with Gasteiger partial charge in [0.15, 0.2) is 5.58 Å². The molecule has 0 unspecified atom stereocenters. The fourth-order valence-corrected chi connectivity index (χ4v) is 2.19. The van der Waals surface area contributed by atoms with Crippen LogP contribution in [0.2, 0.25) is 5.02 Å². The van der Waals surface area contributed by atoms with Crippen molar-refractivity contribution in [1.82, 2.24) is 9.64 Å². The third kappa shape index (κ3) is 2.77. The highest BCUT2D eigenvalue weighted by molar-refractivity contribution is 6.33. The van der Waals surface area contributed by atoms with Crippen molar-refractivity contribution in [3.63, 3.8) is 0 Å². The van der Waals surface area contributed by atoms with Gasteiger partial charge in [-0.25, -0.2) is 0 Å². The maximum atomic E-state index is 12.1. The van der Waals surface area contributed by atoms with E-state index >= 15 is 0 Å². The van der Waals surface area contributed by atoms with Crippen LogP contribution in [-0.4, -0.2) is 29.3 Å². The minimum absolute atomic E-state index is 0.163. The predicted octanol–water partition coefficient (Wildman–Crippen LogP) is 2.17. The molecule has 0 fully saturated rings. The molecular formula is C13H18ClN3O2. The molecule has 0 radical (unpaired) electrons. The van der Waals surface area contributed by atoms with E-state index in [-0.39, 0.29) is 5.56 Å². The second-order valence-electron chi connectivity index (χ2n) is 4.40. The second-order valence-corrected chi connectivity index (χ2v) is 4.80. The van der Waals surface area contributed by atoms with E-state index in [0.717, 1.165) is 19.6 Å². The van der Waals surface area contributed by atoms with Gasteiger partial charge >= 0.3 is 0 Å². The summed E-state index contributed by atoms with van der Waals surface area (Å²) in [6.45, 7) is 7.37. The van der Waals surface area contributed by atoms with Crippen molar-refractivity contribution in [2.24, 2.45) is 0 Å². The van der Waals surface area contributed by atoms with E-state index in [1.165, 1.54) is 4.74 Å². The van der Waals surface area contributed by atoms with Crippen LogP contribution in [0.4, 0.5) is 5.69 Å². The molecule has 1 aromatic heterocycles. The summed E-state index contributed by atoms with van der Waals surface area (Å²) in [5, 5.41) is 0.847. The Morgan fingerprint density at radius 1 is 1.37 bits per heavy atom. The van der Waals surface area contributed by atoms with Crippen LogP contribution in [0.15, 0.2) is 21.5 Å². The molecular weight excluding hydrogens is 266 g/mol. The third-order valence-corrected chi connectivity index (χ3v) is 3.61. The number of nitrogen functional groups attached to an aromatic ring is 1. The van der Waals surface area contributed by atoms with Gasteiger partial charge in [-0.2, -0.15) is 4.74 Å². The molecule has 19 heavy (non-hydrogen) atoms. The molecule has 0 aliphatic rings. The van der Waals surface area contributed by atoms with Crippen LogP contribution in [0, 0.1) is 0 Å². The van der Waals surface area contributed by atoms with E-state index in [1.807, 2.05) is 0 Å². The van der Waals surface area contributed by atoms with Crippen LogP contribution in [0.5, 0.6) is 0 Å². The van der Waals surface area contributed by atoms with Gasteiger partial charge in [-0.05, 0) is 19.2 Å². The lowest BCUT2D eigenvalue weighted by Gasteiger charge is -2.16. The highest BCUT2D eigenvalue weighted by Crippen LogP contribution is 2.24. The number of hydrogen-bond acceptors (Lipinski definition) is 4. The number of rotatable bonds is 5. The first kappa shape index (κ1) is 14.0. The Morgan fingerprint density at radius 3 is 2.68 bits per heavy atom. The van der Waals surface area contributed by atoms with Crippen molar-refractivity contribution >= 4 is 28.3 Å². The maximum Gasteiger partial charge on any atom is 0.290 e. The summed E-state index contributed by atoms with van der Waals surface area (Å²) in [6.07, 6.45) is 0. The summed E-state index contributed by atoms with van der Waals surface area (Å²) in [7, 11) is 0. The number of fused-ring (bicyclic) bond motifs is 1. The molecule has 0 saturated heterocycles. The molecule has 104 valence electrons. The van der Waals surface area contributed by atoms with Crippen LogP contribution >= 0.6 is 11.6 Å². The van der Waals surface area contributed by atoms with Crippen LogP contribution in [0.3, 0.4) is 0 Å². The Balaban J connectivity index is 2.30. The maximum absolute atomic E-state index is 12.1. The Hall–Kier alpha value is -1.46. The molecule has 0 amide bonds. The quantitative estimate of drug-likeness (QED) is 0.854. The van der Waals surface area contributed by atoms with E-state index < -0.39 is 0 Å². The molecule has 0 bridgehead atoms. The normalized spacial score (nSPS) is 11.6. The molecule has 2 N–H and O–H groups in total. The van der Waals surface area contributed by atoms with Crippen molar-refractivity contribution in [3.05, 3.63) is 27.5 Å². The zero-order valence-electron chi connectivity index (χ0n) is 11.1. The molecule has 1 heterocycles. The van der Waals surface area contributed by atoms with Gasteiger partial charge in [0, 0.05) is 12.6 Å². The lowest BCUT2D eigenvalue weighted by molar-refractivity contribution is 0.221. The van der Waals surface area contributed by atoms with E-state index in [4.69, 9.17) is 21.9 Å². The Bertz CT molecular complexity index is 629. The molecule has 0 atom stereocenters. The van der Waals surface area contributed by atoms with E-state index in [1.54, 1.807) is 12.1 Å². The lowest BCUT2D eigenvalue weighted by Crippen LogP contribution is -2.29. The smallest absolute Gasteiger partial charge is 0.290 e. The van der Waals surface area contributed by atoms with Gasteiger partial charge in [0.05, 0.1) is 22.6 Å². The molecule has 6 heteroatoms. The number of benzene rings is 1. The second kappa shape index (κ2) is 5.67. The Kier molecular flexibility index (Phi) is 4.17. The fraction of sp³-hybridized carbons (Fsp3) is 0.462. The highest BCUT2D eigenvalue weighted by Gasteiger charge is 2.12. The molecule has 0 saturated carbocycles. The van der Waals surface area contributed by atoms with Crippen molar-refractivity contribution < 1.29 is 4.52 Å². The SMILES string of the molecule is CCN(CC)CCn1oc2cc(N)c(Cl)cc2c1=O. The minimum atomic E-state index is -0.163. The zero-order valence-corrected chi connectivity index (χ0v) is 11.9. The van der Waals surface area contributed by atoms with Gasteiger partial charge in [0.1, 0.15) is 0 Å². The van der Waals surface area contributed by atoms with Crippen molar-refractivity contribution in [1.29, 1.82) is 0 Å². The highest BCUT2D eigenvalue weighted by atomic mass is 35.5. The number of nitrogens with two attached hydrogens (primary N) is 1. The van der Waals surface area contributed by atoms with Crippen molar-refractivity contribution in [2.75, 3.05) is 25.4 Å². The first-order chi connectivity index (χ1) is 9.06. The molecule has 5 nitrogen and oxygen atoms in total. The van der Waals surface area contributed by atoms with Crippen LogP contribution in [0.25, 0.3) is 11.0 Å². The molecule has 0 spiro atoms. The number of anilines is 1. The van der Waals surface area contributed by atoms with Crippen LogP contribution in [0.1, 0.15) is 13.8 Å².